The van der Waals surface area contributed by atoms with E-state index < -0.39 is 6.10 Å². The van der Waals surface area contributed by atoms with E-state index in [2.05, 4.69) is 6.58 Å². The number of methoxy groups -OCH3 is 1. The minimum absolute atomic E-state index is 0.0397. The lowest BCUT2D eigenvalue weighted by atomic mass is 9.73. The largest absolute Gasteiger partial charge is 0.469 e. The molecule has 0 saturated heterocycles. The van der Waals surface area contributed by atoms with Crippen molar-refractivity contribution in [3.05, 3.63) is 12.2 Å². The van der Waals surface area contributed by atoms with Crippen molar-refractivity contribution in [2.45, 2.75) is 39.2 Å². The summed E-state index contributed by atoms with van der Waals surface area (Å²) < 4.78 is 4.76. The molecule has 1 fully saturated rings. The Kier molecular flexibility index (Phi) is 4.54. The van der Waals surface area contributed by atoms with Gasteiger partial charge in [-0.1, -0.05) is 26.0 Å². The fourth-order valence-electron chi connectivity index (χ4n) is 2.36. The maximum Gasteiger partial charge on any atom is 0.308 e. The number of carbonyl (C=O) groups excluding carboxylic acids is 1. The van der Waals surface area contributed by atoms with Crippen molar-refractivity contribution in [1.82, 2.24) is 0 Å². The lowest BCUT2D eigenvalue weighted by Crippen LogP contribution is -2.34. The summed E-state index contributed by atoms with van der Waals surface area (Å²) >= 11 is 0. The van der Waals surface area contributed by atoms with Crippen LogP contribution >= 0.6 is 0 Å². The quantitative estimate of drug-likeness (QED) is 0.592. The first-order valence-corrected chi connectivity index (χ1v) is 5.91. The third kappa shape index (κ3) is 2.85. The molecule has 0 aromatic heterocycles. The maximum atomic E-state index is 11.5. The van der Waals surface area contributed by atoms with Crippen LogP contribution in [0.2, 0.25) is 0 Å². The third-order valence-corrected chi connectivity index (χ3v) is 3.51. The number of hydrogen-bond acceptors (Lipinski definition) is 3. The summed E-state index contributed by atoms with van der Waals surface area (Å²) in [4.78, 5) is 11.5. The van der Waals surface area contributed by atoms with Gasteiger partial charge in [0.2, 0.25) is 0 Å². The molecule has 0 aliphatic heterocycles. The zero-order valence-electron chi connectivity index (χ0n) is 10.4. The number of aliphatic hydroxyl groups excluding tert-OH is 1. The number of hydrogen-bond donors (Lipinski definition) is 1. The Balaban J connectivity index is 2.69. The summed E-state index contributed by atoms with van der Waals surface area (Å²) in [6.45, 7) is 7.98. The van der Waals surface area contributed by atoms with Crippen LogP contribution in [0.1, 0.15) is 33.1 Å². The molecule has 1 aliphatic carbocycles. The highest BCUT2D eigenvalue weighted by atomic mass is 16.5. The molecule has 92 valence electrons. The first-order chi connectivity index (χ1) is 7.47. The topological polar surface area (TPSA) is 46.5 Å². The maximum absolute atomic E-state index is 11.5. The van der Waals surface area contributed by atoms with Crippen molar-refractivity contribution in [3.63, 3.8) is 0 Å². The van der Waals surface area contributed by atoms with Crippen molar-refractivity contribution in [2.24, 2.45) is 17.8 Å². The molecule has 3 atom stereocenters. The van der Waals surface area contributed by atoms with Crippen LogP contribution in [0.25, 0.3) is 0 Å². The van der Waals surface area contributed by atoms with Gasteiger partial charge in [-0.25, -0.2) is 0 Å². The highest BCUT2D eigenvalue weighted by Gasteiger charge is 2.34. The Hall–Kier alpha value is -0.830. The highest BCUT2D eigenvalue weighted by Crippen LogP contribution is 2.36. The number of ether oxygens (including phenoxy) is 1. The van der Waals surface area contributed by atoms with E-state index in [9.17, 15) is 9.90 Å². The molecule has 0 amide bonds. The van der Waals surface area contributed by atoms with Crippen molar-refractivity contribution in [3.8, 4) is 0 Å². The molecule has 3 nitrogen and oxygen atoms in total. The van der Waals surface area contributed by atoms with E-state index in [1.807, 2.05) is 13.8 Å². The predicted octanol–water partition coefficient (Wildman–Crippen LogP) is 2.15. The molecule has 1 N–H and O–H groups in total. The predicted molar refractivity (Wildman–Crippen MR) is 62.8 cm³/mol. The van der Waals surface area contributed by atoms with Gasteiger partial charge in [-0.2, -0.15) is 0 Å². The van der Waals surface area contributed by atoms with Crippen LogP contribution in [0.4, 0.5) is 0 Å². The number of aliphatic hydroxyl groups is 1. The fourth-order valence-corrected chi connectivity index (χ4v) is 2.36. The molecule has 1 rings (SSSR count). The van der Waals surface area contributed by atoms with Gasteiger partial charge < -0.3 is 9.84 Å². The normalized spacial score (nSPS) is 27.9. The van der Waals surface area contributed by atoms with Crippen molar-refractivity contribution in [1.29, 1.82) is 0 Å². The fraction of sp³-hybridized carbons (Fsp3) is 0.769. The SMILES string of the molecule is C=C1CC[C@@H](C(=O)OC)C[C@@H]1[C@@H](O)C(C)C. The third-order valence-electron chi connectivity index (χ3n) is 3.51. The summed E-state index contributed by atoms with van der Waals surface area (Å²) in [7, 11) is 1.42. The minimum Gasteiger partial charge on any atom is -0.469 e. The summed E-state index contributed by atoms with van der Waals surface area (Å²) in [6, 6.07) is 0. The smallest absolute Gasteiger partial charge is 0.308 e. The molecule has 1 aliphatic rings. The molecular weight excluding hydrogens is 204 g/mol. The van der Waals surface area contributed by atoms with Gasteiger partial charge in [-0.3, -0.25) is 4.79 Å². The van der Waals surface area contributed by atoms with Crippen LogP contribution in [-0.2, 0) is 9.53 Å². The zero-order valence-corrected chi connectivity index (χ0v) is 10.4. The first kappa shape index (κ1) is 13.2. The van der Waals surface area contributed by atoms with E-state index in [4.69, 9.17) is 4.74 Å². The Morgan fingerprint density at radius 1 is 1.56 bits per heavy atom. The summed E-state index contributed by atoms with van der Waals surface area (Å²) in [5.74, 6) is -0.00152. The van der Waals surface area contributed by atoms with Gasteiger partial charge in [0.25, 0.3) is 0 Å². The molecule has 0 unspecified atom stereocenters. The van der Waals surface area contributed by atoms with Gasteiger partial charge in [0.05, 0.1) is 19.1 Å². The van der Waals surface area contributed by atoms with Gasteiger partial charge in [-0.05, 0) is 25.2 Å². The average molecular weight is 226 g/mol. The van der Waals surface area contributed by atoms with Crippen LogP contribution < -0.4 is 0 Å². The highest BCUT2D eigenvalue weighted by molar-refractivity contribution is 5.72. The molecule has 0 spiro atoms. The lowest BCUT2D eigenvalue weighted by molar-refractivity contribution is -0.147. The second-order valence-electron chi connectivity index (χ2n) is 4.99. The molecule has 16 heavy (non-hydrogen) atoms. The van der Waals surface area contributed by atoms with E-state index >= 15 is 0 Å². The van der Waals surface area contributed by atoms with Gasteiger partial charge in [0, 0.05) is 5.92 Å². The molecule has 1 saturated carbocycles. The van der Waals surface area contributed by atoms with Crippen LogP contribution in [0, 0.1) is 17.8 Å². The van der Waals surface area contributed by atoms with Gasteiger partial charge in [0.1, 0.15) is 0 Å². The second-order valence-corrected chi connectivity index (χ2v) is 4.99. The summed E-state index contributed by atoms with van der Waals surface area (Å²) in [5.41, 5.74) is 1.07. The minimum atomic E-state index is -0.403. The van der Waals surface area contributed by atoms with E-state index in [0.29, 0.717) is 6.42 Å². The van der Waals surface area contributed by atoms with E-state index in [1.165, 1.54) is 7.11 Å². The molecule has 0 radical (unpaired) electrons. The monoisotopic (exact) mass is 226 g/mol. The summed E-state index contributed by atoms with van der Waals surface area (Å²) in [5, 5.41) is 10.1. The van der Waals surface area contributed by atoms with Gasteiger partial charge in [-0.15, -0.1) is 0 Å². The molecule has 0 aromatic rings. The van der Waals surface area contributed by atoms with Gasteiger partial charge in [0.15, 0.2) is 0 Å². The van der Waals surface area contributed by atoms with Crippen LogP contribution in [-0.4, -0.2) is 24.3 Å². The van der Waals surface area contributed by atoms with E-state index in [0.717, 1.165) is 18.4 Å². The standard InChI is InChI=1S/C13H22O3/c1-8(2)12(14)11-7-10(13(15)16-4)6-5-9(11)3/h8,10-12,14H,3,5-7H2,1-2,4H3/t10-,11+,12+/m1/s1. The first-order valence-electron chi connectivity index (χ1n) is 5.91. The Morgan fingerprint density at radius 2 is 2.19 bits per heavy atom. The van der Waals surface area contributed by atoms with Crippen LogP contribution in [0.3, 0.4) is 0 Å². The van der Waals surface area contributed by atoms with Crippen LogP contribution in [0.5, 0.6) is 0 Å². The second kappa shape index (κ2) is 5.48. The summed E-state index contributed by atoms with van der Waals surface area (Å²) in [6.07, 6.45) is 1.88. The molecule has 0 heterocycles. The van der Waals surface area contributed by atoms with E-state index in [-0.39, 0.29) is 23.7 Å². The number of esters is 1. The van der Waals surface area contributed by atoms with E-state index in [1.54, 1.807) is 0 Å². The van der Waals surface area contributed by atoms with Crippen molar-refractivity contribution in [2.75, 3.05) is 7.11 Å². The Labute approximate surface area is 97.5 Å². The van der Waals surface area contributed by atoms with Crippen LogP contribution in [0.15, 0.2) is 12.2 Å². The van der Waals surface area contributed by atoms with Gasteiger partial charge >= 0.3 is 5.97 Å². The average Bonchev–Trinajstić information content (AvgIpc) is 2.27. The Bertz CT molecular complexity index is 270. The van der Waals surface area contributed by atoms with Crippen molar-refractivity contribution >= 4 is 5.97 Å². The Morgan fingerprint density at radius 3 is 2.69 bits per heavy atom. The lowest BCUT2D eigenvalue weighted by Gasteiger charge is -2.34. The molecule has 3 heteroatoms. The van der Waals surface area contributed by atoms with Crippen molar-refractivity contribution < 1.29 is 14.6 Å². The molecular formula is C13H22O3. The number of carbonyl (C=O) groups is 1. The molecule has 0 aromatic carbocycles. The number of rotatable bonds is 3. The zero-order chi connectivity index (χ0) is 12.3. The molecule has 0 bridgehead atoms.